The predicted octanol–water partition coefficient (Wildman–Crippen LogP) is 3.39. The summed E-state index contributed by atoms with van der Waals surface area (Å²) >= 11 is 5.62. The second kappa shape index (κ2) is 5.36. The van der Waals surface area contributed by atoms with Crippen LogP contribution >= 0.6 is 11.6 Å². The number of halogens is 2. The number of carboxylic acids is 1. The van der Waals surface area contributed by atoms with Gasteiger partial charge in [-0.1, -0.05) is 11.6 Å². The van der Waals surface area contributed by atoms with Gasteiger partial charge in [0.1, 0.15) is 5.82 Å². The van der Waals surface area contributed by atoms with E-state index in [1.807, 2.05) is 0 Å². The molecule has 0 spiro atoms. The van der Waals surface area contributed by atoms with Gasteiger partial charge in [0.2, 0.25) is 0 Å². The maximum absolute atomic E-state index is 12.9. The Morgan fingerprint density at radius 2 is 2.18 bits per heavy atom. The van der Waals surface area contributed by atoms with Crippen molar-refractivity contribution in [3.05, 3.63) is 29.0 Å². The van der Waals surface area contributed by atoms with Crippen LogP contribution in [-0.4, -0.2) is 17.6 Å². The lowest BCUT2D eigenvalue weighted by molar-refractivity contribution is -0.147. The third-order valence-electron chi connectivity index (χ3n) is 2.58. The molecule has 0 fully saturated rings. The van der Waals surface area contributed by atoms with Crippen molar-refractivity contribution in [2.75, 3.05) is 11.9 Å². The maximum atomic E-state index is 12.9. The summed E-state index contributed by atoms with van der Waals surface area (Å²) in [5, 5.41) is 12.0. The largest absolute Gasteiger partial charge is 0.481 e. The number of hydrogen-bond acceptors (Lipinski definition) is 2. The SMILES string of the molecule is CC(C)(CCNc1ccc(F)c(Cl)c1)C(=O)O. The molecule has 0 aliphatic heterocycles. The van der Waals surface area contributed by atoms with E-state index in [1.165, 1.54) is 12.1 Å². The van der Waals surface area contributed by atoms with Crippen LogP contribution in [0.4, 0.5) is 10.1 Å². The monoisotopic (exact) mass is 259 g/mol. The highest BCUT2D eigenvalue weighted by atomic mass is 35.5. The van der Waals surface area contributed by atoms with Gasteiger partial charge in [0.05, 0.1) is 10.4 Å². The Hall–Kier alpha value is -1.29. The van der Waals surface area contributed by atoms with Gasteiger partial charge in [-0.15, -0.1) is 0 Å². The van der Waals surface area contributed by atoms with Crippen LogP contribution < -0.4 is 5.32 Å². The van der Waals surface area contributed by atoms with Crippen LogP contribution in [0, 0.1) is 11.2 Å². The first kappa shape index (κ1) is 13.8. The van der Waals surface area contributed by atoms with Crippen molar-refractivity contribution in [3.63, 3.8) is 0 Å². The van der Waals surface area contributed by atoms with Crippen molar-refractivity contribution in [1.29, 1.82) is 0 Å². The lowest BCUT2D eigenvalue weighted by Gasteiger charge is -2.19. The molecule has 0 unspecified atom stereocenters. The Labute approximate surface area is 105 Å². The molecule has 1 rings (SSSR count). The summed E-state index contributed by atoms with van der Waals surface area (Å²) in [4.78, 5) is 10.9. The Bertz CT molecular complexity index is 421. The normalized spacial score (nSPS) is 11.3. The molecule has 1 aromatic rings. The first-order valence-electron chi connectivity index (χ1n) is 5.25. The van der Waals surface area contributed by atoms with Gasteiger partial charge in [-0.3, -0.25) is 4.79 Å². The Kier molecular flexibility index (Phi) is 4.34. The molecule has 0 aromatic heterocycles. The quantitative estimate of drug-likeness (QED) is 0.852. The summed E-state index contributed by atoms with van der Waals surface area (Å²) in [5.74, 6) is -1.31. The topological polar surface area (TPSA) is 49.3 Å². The molecule has 5 heteroatoms. The summed E-state index contributed by atoms with van der Waals surface area (Å²) in [6, 6.07) is 4.31. The molecule has 17 heavy (non-hydrogen) atoms. The number of hydrogen-bond donors (Lipinski definition) is 2. The van der Waals surface area contributed by atoms with E-state index in [-0.39, 0.29) is 5.02 Å². The fraction of sp³-hybridized carbons (Fsp3) is 0.417. The molecule has 0 radical (unpaired) electrons. The van der Waals surface area contributed by atoms with Crippen LogP contribution in [0.25, 0.3) is 0 Å². The minimum atomic E-state index is -0.837. The summed E-state index contributed by atoms with van der Waals surface area (Å²) in [5.41, 5.74) is -0.103. The molecule has 0 amide bonds. The predicted molar refractivity (Wildman–Crippen MR) is 65.9 cm³/mol. The molecule has 0 atom stereocenters. The van der Waals surface area contributed by atoms with E-state index in [0.717, 1.165) is 0 Å². The van der Waals surface area contributed by atoms with E-state index >= 15 is 0 Å². The van der Waals surface area contributed by atoms with Crippen LogP contribution in [0.3, 0.4) is 0 Å². The third-order valence-corrected chi connectivity index (χ3v) is 2.87. The summed E-state index contributed by atoms with van der Waals surface area (Å²) in [6.45, 7) is 3.81. The molecule has 0 saturated carbocycles. The highest BCUT2D eigenvalue weighted by Crippen LogP contribution is 2.22. The van der Waals surface area contributed by atoms with Gasteiger partial charge in [0.25, 0.3) is 0 Å². The smallest absolute Gasteiger partial charge is 0.309 e. The Morgan fingerprint density at radius 3 is 2.71 bits per heavy atom. The van der Waals surface area contributed by atoms with Crippen LogP contribution in [-0.2, 0) is 4.79 Å². The van der Waals surface area contributed by atoms with E-state index < -0.39 is 17.2 Å². The fourth-order valence-corrected chi connectivity index (χ4v) is 1.41. The Balaban J connectivity index is 2.51. The third kappa shape index (κ3) is 3.89. The molecular formula is C12H15ClFNO2. The molecule has 0 heterocycles. The summed E-state index contributed by atoms with van der Waals surface area (Å²) in [7, 11) is 0. The highest BCUT2D eigenvalue weighted by Gasteiger charge is 2.26. The molecule has 1 aromatic carbocycles. The van der Waals surface area contributed by atoms with Crippen molar-refractivity contribution in [2.24, 2.45) is 5.41 Å². The molecule has 0 aliphatic carbocycles. The average molecular weight is 260 g/mol. The minimum absolute atomic E-state index is 0.0486. The number of aliphatic carboxylic acids is 1. The van der Waals surface area contributed by atoms with Gasteiger partial charge in [-0.05, 0) is 38.5 Å². The van der Waals surface area contributed by atoms with Crippen LogP contribution in [0.1, 0.15) is 20.3 Å². The fourth-order valence-electron chi connectivity index (χ4n) is 1.23. The van der Waals surface area contributed by atoms with Crippen molar-refractivity contribution in [3.8, 4) is 0 Å². The molecule has 2 N–H and O–H groups in total. The standard InChI is InChI=1S/C12H15ClFNO2/c1-12(2,11(16)17)5-6-15-8-3-4-10(14)9(13)7-8/h3-4,7,15H,5-6H2,1-2H3,(H,16,17). The van der Waals surface area contributed by atoms with Crippen LogP contribution in [0.5, 0.6) is 0 Å². The van der Waals surface area contributed by atoms with Crippen molar-refractivity contribution < 1.29 is 14.3 Å². The second-order valence-electron chi connectivity index (χ2n) is 4.49. The van der Waals surface area contributed by atoms with E-state index in [2.05, 4.69) is 5.32 Å². The summed E-state index contributed by atoms with van der Waals surface area (Å²) < 4.78 is 12.9. The minimum Gasteiger partial charge on any atom is -0.481 e. The first-order valence-corrected chi connectivity index (χ1v) is 5.63. The maximum Gasteiger partial charge on any atom is 0.309 e. The number of carbonyl (C=O) groups is 1. The number of benzene rings is 1. The number of anilines is 1. The molecule has 0 bridgehead atoms. The van der Waals surface area contributed by atoms with Crippen LogP contribution in [0.2, 0.25) is 5.02 Å². The lowest BCUT2D eigenvalue weighted by Crippen LogP contribution is -2.26. The van der Waals surface area contributed by atoms with Gasteiger partial charge in [-0.2, -0.15) is 0 Å². The van der Waals surface area contributed by atoms with E-state index in [1.54, 1.807) is 19.9 Å². The lowest BCUT2D eigenvalue weighted by atomic mass is 9.90. The molecule has 0 saturated heterocycles. The zero-order chi connectivity index (χ0) is 13.1. The molecule has 0 aliphatic rings. The second-order valence-corrected chi connectivity index (χ2v) is 4.90. The summed E-state index contributed by atoms with van der Waals surface area (Å²) in [6.07, 6.45) is 0.470. The van der Waals surface area contributed by atoms with Gasteiger partial charge < -0.3 is 10.4 Å². The first-order chi connectivity index (χ1) is 7.83. The van der Waals surface area contributed by atoms with Crippen molar-refractivity contribution >= 4 is 23.3 Å². The zero-order valence-corrected chi connectivity index (χ0v) is 10.5. The van der Waals surface area contributed by atoms with E-state index in [0.29, 0.717) is 18.7 Å². The van der Waals surface area contributed by atoms with Gasteiger partial charge in [0.15, 0.2) is 0 Å². The van der Waals surface area contributed by atoms with Gasteiger partial charge >= 0.3 is 5.97 Å². The average Bonchev–Trinajstić information content (AvgIpc) is 2.23. The number of rotatable bonds is 5. The number of nitrogens with one attached hydrogen (secondary N) is 1. The van der Waals surface area contributed by atoms with E-state index in [4.69, 9.17) is 16.7 Å². The Morgan fingerprint density at radius 1 is 1.53 bits per heavy atom. The molecule has 94 valence electrons. The van der Waals surface area contributed by atoms with Gasteiger partial charge in [0, 0.05) is 12.2 Å². The zero-order valence-electron chi connectivity index (χ0n) is 9.76. The molecule has 3 nitrogen and oxygen atoms in total. The van der Waals surface area contributed by atoms with Crippen molar-refractivity contribution in [1.82, 2.24) is 0 Å². The number of carboxylic acid groups (broad SMARTS) is 1. The van der Waals surface area contributed by atoms with Crippen molar-refractivity contribution in [2.45, 2.75) is 20.3 Å². The molecular weight excluding hydrogens is 245 g/mol. The van der Waals surface area contributed by atoms with E-state index in [9.17, 15) is 9.18 Å². The van der Waals surface area contributed by atoms with Crippen LogP contribution in [0.15, 0.2) is 18.2 Å². The highest BCUT2D eigenvalue weighted by molar-refractivity contribution is 6.31. The van der Waals surface area contributed by atoms with Gasteiger partial charge in [-0.25, -0.2) is 4.39 Å².